The molecule has 134 valence electrons. The Morgan fingerprint density at radius 1 is 1.28 bits per heavy atom. The monoisotopic (exact) mass is 359 g/mol. The highest BCUT2D eigenvalue weighted by Gasteiger charge is 2.23. The van der Waals surface area contributed by atoms with Gasteiger partial charge in [-0.05, 0) is 42.7 Å². The number of nitrogens with zero attached hydrogens (tertiary/aromatic N) is 5. The van der Waals surface area contributed by atoms with Gasteiger partial charge in [0.15, 0.2) is 0 Å². The number of thioether (sulfide) groups is 1. The van der Waals surface area contributed by atoms with Gasteiger partial charge in [-0.3, -0.25) is 4.79 Å². The number of aromatic nitrogens is 4. The molecule has 3 rings (SSSR count). The molecule has 0 N–H and O–H groups in total. The summed E-state index contributed by atoms with van der Waals surface area (Å²) < 4.78 is 1.90. The number of carbonyl (C=O) groups is 1. The topological polar surface area (TPSA) is 63.9 Å². The van der Waals surface area contributed by atoms with Crippen molar-refractivity contribution in [1.29, 1.82) is 0 Å². The Morgan fingerprint density at radius 3 is 2.68 bits per heavy atom. The molecule has 0 spiro atoms. The normalized spacial score (nSPS) is 15.0. The first kappa shape index (κ1) is 17.9. The molecule has 0 saturated heterocycles. The maximum Gasteiger partial charge on any atom is 0.233 e. The van der Waals surface area contributed by atoms with Crippen molar-refractivity contribution in [2.45, 2.75) is 63.3 Å². The van der Waals surface area contributed by atoms with Crippen LogP contribution in [0.1, 0.15) is 51.1 Å². The van der Waals surface area contributed by atoms with Crippen LogP contribution in [0.3, 0.4) is 0 Å². The molecule has 1 aromatic heterocycles. The molecule has 1 heterocycles. The lowest BCUT2D eigenvalue weighted by Gasteiger charge is -2.26. The van der Waals surface area contributed by atoms with Gasteiger partial charge in [-0.25, -0.2) is 4.68 Å². The Bertz CT molecular complexity index is 682. The molecule has 2 aromatic rings. The number of hydrogen-bond acceptors (Lipinski definition) is 5. The molecule has 1 saturated carbocycles. The first-order valence-corrected chi connectivity index (χ1v) is 9.87. The van der Waals surface area contributed by atoms with Crippen molar-refractivity contribution in [2.75, 3.05) is 5.75 Å². The van der Waals surface area contributed by atoms with Crippen LogP contribution in [0.2, 0.25) is 0 Å². The van der Waals surface area contributed by atoms with Crippen molar-refractivity contribution >= 4 is 17.7 Å². The van der Waals surface area contributed by atoms with Gasteiger partial charge >= 0.3 is 0 Å². The van der Waals surface area contributed by atoms with E-state index in [0.29, 0.717) is 18.3 Å². The van der Waals surface area contributed by atoms with Crippen LogP contribution in [-0.4, -0.2) is 42.8 Å². The van der Waals surface area contributed by atoms with Gasteiger partial charge in [-0.1, -0.05) is 54.9 Å². The highest BCUT2D eigenvalue weighted by molar-refractivity contribution is 7.99. The molecule has 0 atom stereocenters. The molecular weight excluding hydrogens is 334 g/mol. The molecular formula is C18H25N5OS. The van der Waals surface area contributed by atoms with Crippen molar-refractivity contribution in [3.63, 3.8) is 0 Å². The number of benzene rings is 1. The second-order valence-electron chi connectivity index (χ2n) is 6.73. The number of carbonyl (C=O) groups excluding carboxylic acids is 1. The molecule has 1 fully saturated rings. The van der Waals surface area contributed by atoms with E-state index in [1.165, 1.54) is 24.6 Å². The Kier molecular flexibility index (Phi) is 6.07. The van der Waals surface area contributed by atoms with E-state index in [2.05, 4.69) is 27.7 Å². The maximum atomic E-state index is 12.7. The van der Waals surface area contributed by atoms with Gasteiger partial charge in [-0.2, -0.15) is 0 Å². The van der Waals surface area contributed by atoms with Crippen molar-refractivity contribution in [3.8, 4) is 0 Å². The highest BCUT2D eigenvalue weighted by atomic mass is 32.2. The molecule has 0 aliphatic heterocycles. The van der Waals surface area contributed by atoms with Gasteiger partial charge in [0, 0.05) is 12.6 Å². The smallest absolute Gasteiger partial charge is 0.233 e. The van der Waals surface area contributed by atoms with Crippen LogP contribution in [0.25, 0.3) is 0 Å². The average molecular weight is 359 g/mol. The van der Waals surface area contributed by atoms with Crippen LogP contribution in [0.15, 0.2) is 35.5 Å². The Labute approximate surface area is 153 Å². The molecule has 0 bridgehead atoms. The first-order chi connectivity index (χ1) is 12.1. The standard InChI is InChI=1S/C18H25N5OS/c1-14(2)22(12-15-8-4-3-5-9-15)17(24)13-25-18-19-20-21-23(18)16-10-6-7-11-16/h3-5,8-9,14,16H,6-7,10-13H2,1-2H3. The minimum absolute atomic E-state index is 0.116. The summed E-state index contributed by atoms with van der Waals surface area (Å²) in [5.41, 5.74) is 1.14. The van der Waals surface area contributed by atoms with E-state index in [1.807, 2.05) is 41.6 Å². The largest absolute Gasteiger partial charge is 0.335 e. The fourth-order valence-corrected chi connectivity index (χ4v) is 4.04. The van der Waals surface area contributed by atoms with Crippen LogP contribution in [0.5, 0.6) is 0 Å². The lowest BCUT2D eigenvalue weighted by atomic mass is 10.2. The van der Waals surface area contributed by atoms with E-state index in [1.54, 1.807) is 0 Å². The molecule has 25 heavy (non-hydrogen) atoms. The van der Waals surface area contributed by atoms with E-state index in [9.17, 15) is 4.79 Å². The van der Waals surface area contributed by atoms with Crippen LogP contribution in [-0.2, 0) is 11.3 Å². The summed E-state index contributed by atoms with van der Waals surface area (Å²) in [6.07, 6.45) is 4.70. The van der Waals surface area contributed by atoms with Crippen molar-refractivity contribution in [2.24, 2.45) is 0 Å². The zero-order valence-corrected chi connectivity index (χ0v) is 15.7. The van der Waals surface area contributed by atoms with Crippen LogP contribution in [0, 0.1) is 0 Å². The third-order valence-electron chi connectivity index (χ3n) is 4.60. The van der Waals surface area contributed by atoms with Crippen LogP contribution < -0.4 is 0 Å². The molecule has 1 aliphatic rings. The summed E-state index contributed by atoms with van der Waals surface area (Å²) in [6.45, 7) is 4.73. The van der Waals surface area contributed by atoms with E-state index >= 15 is 0 Å². The summed E-state index contributed by atoms with van der Waals surface area (Å²) in [7, 11) is 0. The van der Waals surface area contributed by atoms with Gasteiger partial charge in [-0.15, -0.1) is 5.10 Å². The molecule has 7 heteroatoms. The zero-order valence-electron chi connectivity index (χ0n) is 14.8. The van der Waals surface area contributed by atoms with Gasteiger partial charge in [0.2, 0.25) is 11.1 Å². The Morgan fingerprint density at radius 2 is 2.00 bits per heavy atom. The quantitative estimate of drug-likeness (QED) is 0.710. The van der Waals surface area contributed by atoms with Crippen LogP contribution in [0.4, 0.5) is 0 Å². The summed E-state index contributed by atoms with van der Waals surface area (Å²) in [6, 6.07) is 10.6. The third-order valence-corrected chi connectivity index (χ3v) is 5.52. The molecule has 0 radical (unpaired) electrons. The minimum atomic E-state index is 0.116. The summed E-state index contributed by atoms with van der Waals surface area (Å²) in [5, 5.41) is 12.8. The summed E-state index contributed by atoms with van der Waals surface area (Å²) >= 11 is 1.44. The molecule has 1 amide bonds. The third kappa shape index (κ3) is 4.60. The van der Waals surface area contributed by atoms with Crippen molar-refractivity contribution in [3.05, 3.63) is 35.9 Å². The molecule has 1 aliphatic carbocycles. The van der Waals surface area contributed by atoms with Gasteiger partial charge < -0.3 is 4.90 Å². The van der Waals surface area contributed by atoms with E-state index in [4.69, 9.17) is 0 Å². The Hall–Kier alpha value is -1.89. The lowest BCUT2D eigenvalue weighted by Crippen LogP contribution is -2.37. The summed E-state index contributed by atoms with van der Waals surface area (Å²) in [5.74, 6) is 0.475. The number of rotatable bonds is 7. The molecule has 0 unspecified atom stereocenters. The van der Waals surface area contributed by atoms with Crippen molar-refractivity contribution < 1.29 is 4.79 Å². The highest BCUT2D eigenvalue weighted by Crippen LogP contribution is 2.31. The molecule has 6 nitrogen and oxygen atoms in total. The average Bonchev–Trinajstić information content (AvgIpc) is 3.29. The summed E-state index contributed by atoms with van der Waals surface area (Å²) in [4.78, 5) is 14.7. The van der Waals surface area contributed by atoms with Crippen molar-refractivity contribution in [1.82, 2.24) is 25.1 Å². The molecule has 1 aromatic carbocycles. The predicted octanol–water partition coefficient (Wildman–Crippen LogP) is 3.32. The second kappa shape index (κ2) is 8.47. The predicted molar refractivity (Wildman–Crippen MR) is 98.2 cm³/mol. The number of hydrogen-bond donors (Lipinski definition) is 0. The SMILES string of the molecule is CC(C)N(Cc1ccccc1)C(=O)CSc1nnnn1C1CCCC1. The number of tetrazole rings is 1. The van der Waals surface area contributed by atoms with E-state index in [-0.39, 0.29) is 11.9 Å². The Balaban J connectivity index is 1.61. The van der Waals surface area contributed by atoms with E-state index < -0.39 is 0 Å². The van der Waals surface area contributed by atoms with Crippen LogP contribution >= 0.6 is 11.8 Å². The van der Waals surface area contributed by atoms with Gasteiger partial charge in [0.1, 0.15) is 0 Å². The lowest BCUT2D eigenvalue weighted by molar-refractivity contribution is -0.130. The number of amides is 1. The first-order valence-electron chi connectivity index (χ1n) is 8.89. The zero-order chi connectivity index (χ0) is 17.6. The minimum Gasteiger partial charge on any atom is -0.335 e. The van der Waals surface area contributed by atoms with Gasteiger partial charge in [0.25, 0.3) is 0 Å². The van der Waals surface area contributed by atoms with E-state index in [0.717, 1.165) is 23.6 Å². The maximum absolute atomic E-state index is 12.7. The fraction of sp³-hybridized carbons (Fsp3) is 0.556. The second-order valence-corrected chi connectivity index (χ2v) is 7.68. The van der Waals surface area contributed by atoms with Gasteiger partial charge in [0.05, 0.1) is 11.8 Å². The fourth-order valence-electron chi connectivity index (χ4n) is 3.21.